The minimum absolute atomic E-state index is 0.395. The number of nitrogens with one attached hydrogen (secondary N) is 2. The zero-order valence-electron chi connectivity index (χ0n) is 6.68. The summed E-state index contributed by atoms with van der Waals surface area (Å²) in [6, 6.07) is 2.50. The highest BCUT2D eigenvalue weighted by Gasteiger charge is 2.16. The van der Waals surface area contributed by atoms with Gasteiger partial charge in [0.2, 0.25) is 0 Å². The summed E-state index contributed by atoms with van der Waals surface area (Å²) in [6.45, 7) is 4.13. The van der Waals surface area contributed by atoms with E-state index in [4.69, 9.17) is 0 Å². The number of fused-ring (bicyclic) bond motifs is 1. The first-order valence-corrected chi connectivity index (χ1v) is 3.75. The minimum Gasteiger partial charge on any atom is -0.319 e. The molecular weight excluding hydrogens is 138 g/mol. The van der Waals surface area contributed by atoms with Gasteiger partial charge in [0.25, 0.3) is 0 Å². The van der Waals surface area contributed by atoms with Crippen molar-refractivity contribution in [3.05, 3.63) is 23.5 Å². The first-order valence-electron chi connectivity index (χ1n) is 3.75. The van der Waals surface area contributed by atoms with Gasteiger partial charge in [-0.05, 0) is 25.5 Å². The summed E-state index contributed by atoms with van der Waals surface area (Å²) < 4.78 is 0. The predicted octanol–water partition coefficient (Wildman–Crippen LogP) is 1.38. The number of anilines is 1. The molecule has 1 aromatic rings. The fourth-order valence-corrected chi connectivity index (χ4v) is 1.31. The maximum atomic E-state index is 4.18. The fraction of sp³-hybridized carbons (Fsp3) is 0.375. The van der Waals surface area contributed by atoms with Crippen molar-refractivity contribution in [2.24, 2.45) is 0 Å². The van der Waals surface area contributed by atoms with E-state index in [0.717, 1.165) is 11.4 Å². The lowest BCUT2D eigenvalue weighted by Gasteiger charge is -2.01. The van der Waals surface area contributed by atoms with Gasteiger partial charge in [-0.25, -0.2) is 5.43 Å². The highest BCUT2D eigenvalue weighted by Crippen LogP contribution is 2.26. The average Bonchev–Trinajstić information content (AvgIpc) is 2.33. The summed E-state index contributed by atoms with van der Waals surface area (Å²) in [7, 11) is 0. The predicted molar refractivity (Wildman–Crippen MR) is 44.1 cm³/mol. The number of pyridine rings is 1. The number of aryl methyl sites for hydroxylation is 1. The molecule has 1 aliphatic rings. The molecule has 0 bridgehead atoms. The summed E-state index contributed by atoms with van der Waals surface area (Å²) in [5.74, 6) is 0. The topological polar surface area (TPSA) is 37.0 Å². The molecule has 0 fully saturated rings. The van der Waals surface area contributed by atoms with Crippen molar-refractivity contribution in [2.45, 2.75) is 19.9 Å². The molecule has 2 N–H and O–H groups in total. The molecular formula is C8H11N3. The first-order chi connectivity index (χ1) is 5.27. The van der Waals surface area contributed by atoms with E-state index in [-0.39, 0.29) is 0 Å². The highest BCUT2D eigenvalue weighted by atomic mass is 15.4. The van der Waals surface area contributed by atoms with Crippen molar-refractivity contribution in [3.63, 3.8) is 0 Å². The number of aromatic nitrogens is 1. The second-order valence-electron chi connectivity index (χ2n) is 2.90. The molecule has 0 radical (unpaired) electrons. The van der Waals surface area contributed by atoms with E-state index in [2.05, 4.69) is 28.8 Å². The van der Waals surface area contributed by atoms with Crippen LogP contribution in [0, 0.1) is 6.92 Å². The van der Waals surface area contributed by atoms with Gasteiger partial charge in [-0.3, -0.25) is 4.98 Å². The van der Waals surface area contributed by atoms with Crippen molar-refractivity contribution in [1.82, 2.24) is 10.4 Å². The Hall–Kier alpha value is -1.09. The lowest BCUT2D eigenvalue weighted by Crippen LogP contribution is -2.15. The SMILES string of the molecule is Cc1cc2c(cn1)NNC2C. The quantitative estimate of drug-likeness (QED) is 0.585. The van der Waals surface area contributed by atoms with Gasteiger partial charge in [-0.15, -0.1) is 0 Å². The summed E-state index contributed by atoms with van der Waals surface area (Å²) in [5.41, 5.74) is 9.66. The smallest absolute Gasteiger partial charge is 0.0720 e. The Morgan fingerprint density at radius 1 is 1.55 bits per heavy atom. The van der Waals surface area contributed by atoms with Crippen LogP contribution < -0.4 is 10.9 Å². The number of rotatable bonds is 0. The van der Waals surface area contributed by atoms with Crippen LogP contribution in [0.15, 0.2) is 12.3 Å². The van der Waals surface area contributed by atoms with E-state index in [9.17, 15) is 0 Å². The molecule has 3 nitrogen and oxygen atoms in total. The Morgan fingerprint density at radius 2 is 2.36 bits per heavy atom. The van der Waals surface area contributed by atoms with Crippen LogP contribution in [-0.4, -0.2) is 4.98 Å². The van der Waals surface area contributed by atoms with Crippen molar-refractivity contribution in [1.29, 1.82) is 0 Å². The summed E-state index contributed by atoms with van der Waals surface area (Å²) in [6.07, 6.45) is 1.86. The van der Waals surface area contributed by atoms with Crippen LogP contribution in [0.4, 0.5) is 5.69 Å². The third-order valence-electron chi connectivity index (χ3n) is 1.96. The molecule has 1 atom stereocenters. The maximum absolute atomic E-state index is 4.18. The second kappa shape index (κ2) is 2.20. The number of hydrazine groups is 1. The van der Waals surface area contributed by atoms with E-state index >= 15 is 0 Å². The second-order valence-corrected chi connectivity index (χ2v) is 2.90. The highest BCUT2D eigenvalue weighted by molar-refractivity contribution is 5.54. The number of hydrogen-bond donors (Lipinski definition) is 2. The zero-order valence-corrected chi connectivity index (χ0v) is 6.68. The average molecular weight is 149 g/mol. The minimum atomic E-state index is 0.395. The van der Waals surface area contributed by atoms with Crippen LogP contribution in [0.1, 0.15) is 24.2 Å². The van der Waals surface area contributed by atoms with Crippen LogP contribution in [-0.2, 0) is 0 Å². The van der Waals surface area contributed by atoms with Crippen LogP contribution in [0.5, 0.6) is 0 Å². The van der Waals surface area contributed by atoms with Crippen LogP contribution in [0.3, 0.4) is 0 Å². The molecule has 1 aromatic heterocycles. The Balaban J connectivity index is 2.52. The van der Waals surface area contributed by atoms with E-state index in [0.29, 0.717) is 6.04 Å². The lowest BCUT2D eigenvalue weighted by molar-refractivity contribution is 0.687. The third kappa shape index (κ3) is 0.973. The fourth-order valence-electron chi connectivity index (χ4n) is 1.31. The third-order valence-corrected chi connectivity index (χ3v) is 1.96. The lowest BCUT2D eigenvalue weighted by atomic mass is 10.1. The van der Waals surface area contributed by atoms with Crippen molar-refractivity contribution >= 4 is 5.69 Å². The molecule has 0 spiro atoms. The van der Waals surface area contributed by atoms with Crippen LogP contribution in [0.2, 0.25) is 0 Å². The van der Waals surface area contributed by atoms with Gasteiger partial charge in [0.1, 0.15) is 0 Å². The molecule has 1 unspecified atom stereocenters. The Kier molecular flexibility index (Phi) is 1.32. The van der Waals surface area contributed by atoms with Crippen molar-refractivity contribution in [2.75, 3.05) is 5.43 Å². The molecule has 2 rings (SSSR count). The Bertz CT molecular complexity index is 283. The van der Waals surface area contributed by atoms with Gasteiger partial charge < -0.3 is 5.43 Å². The molecule has 2 heterocycles. The Labute approximate surface area is 65.8 Å². The summed E-state index contributed by atoms with van der Waals surface area (Å²) in [4.78, 5) is 4.18. The maximum Gasteiger partial charge on any atom is 0.0720 e. The van der Waals surface area contributed by atoms with Gasteiger partial charge in [-0.2, -0.15) is 0 Å². The summed E-state index contributed by atoms with van der Waals surface area (Å²) in [5, 5.41) is 0. The first kappa shape index (κ1) is 6.61. The van der Waals surface area contributed by atoms with Crippen LogP contribution in [0.25, 0.3) is 0 Å². The summed E-state index contributed by atoms with van der Waals surface area (Å²) >= 11 is 0. The molecule has 11 heavy (non-hydrogen) atoms. The molecule has 0 aliphatic carbocycles. The van der Waals surface area contributed by atoms with Gasteiger partial charge in [0, 0.05) is 5.69 Å². The van der Waals surface area contributed by atoms with E-state index in [1.54, 1.807) is 0 Å². The van der Waals surface area contributed by atoms with E-state index in [1.807, 2.05) is 13.1 Å². The van der Waals surface area contributed by atoms with Crippen molar-refractivity contribution in [3.8, 4) is 0 Å². The van der Waals surface area contributed by atoms with E-state index in [1.165, 1.54) is 5.56 Å². The van der Waals surface area contributed by atoms with Gasteiger partial charge in [0.15, 0.2) is 0 Å². The molecule has 3 heteroatoms. The molecule has 1 aliphatic heterocycles. The van der Waals surface area contributed by atoms with Crippen LogP contribution >= 0.6 is 0 Å². The molecule has 0 saturated heterocycles. The molecule has 0 aromatic carbocycles. The number of nitrogens with zero attached hydrogens (tertiary/aromatic N) is 1. The van der Waals surface area contributed by atoms with Gasteiger partial charge in [0.05, 0.1) is 17.9 Å². The van der Waals surface area contributed by atoms with Gasteiger partial charge in [-0.1, -0.05) is 0 Å². The van der Waals surface area contributed by atoms with Gasteiger partial charge >= 0.3 is 0 Å². The number of hydrogen-bond acceptors (Lipinski definition) is 3. The molecule has 0 amide bonds. The molecule has 0 saturated carbocycles. The standard InChI is InChI=1S/C8H11N3/c1-5-3-7-6(2)10-11-8(7)4-9-5/h3-4,6,10-11H,1-2H3. The Morgan fingerprint density at radius 3 is 3.18 bits per heavy atom. The monoisotopic (exact) mass is 149 g/mol. The zero-order chi connectivity index (χ0) is 7.84. The van der Waals surface area contributed by atoms with E-state index < -0.39 is 0 Å². The molecule has 58 valence electrons. The largest absolute Gasteiger partial charge is 0.319 e. The normalized spacial score (nSPS) is 21.1. The van der Waals surface area contributed by atoms with Crippen molar-refractivity contribution < 1.29 is 0 Å².